The number of nitrogens with zero attached hydrogens (tertiary/aromatic N) is 1. The molecule has 0 aromatic heterocycles. The molecular weight excluding hydrogens is 264 g/mol. The molecule has 0 aliphatic carbocycles. The van der Waals surface area contributed by atoms with E-state index in [2.05, 4.69) is 16.1 Å². The van der Waals surface area contributed by atoms with Crippen molar-refractivity contribution in [1.82, 2.24) is 10.2 Å². The Kier molecular flexibility index (Phi) is 5.79. The fourth-order valence-corrected chi connectivity index (χ4v) is 2.69. The lowest BCUT2D eigenvalue weighted by Crippen LogP contribution is -2.40. The van der Waals surface area contributed by atoms with E-state index >= 15 is 0 Å². The summed E-state index contributed by atoms with van der Waals surface area (Å²) in [6.45, 7) is 2.90. The van der Waals surface area contributed by atoms with Gasteiger partial charge in [-0.2, -0.15) is 0 Å². The van der Waals surface area contributed by atoms with Gasteiger partial charge in [-0.15, -0.1) is 6.42 Å². The Morgan fingerprint density at radius 1 is 1.33 bits per heavy atom. The quantitative estimate of drug-likeness (QED) is 0.798. The van der Waals surface area contributed by atoms with Gasteiger partial charge in [-0.05, 0) is 37.1 Å². The van der Waals surface area contributed by atoms with Crippen molar-refractivity contribution in [3.8, 4) is 12.3 Å². The van der Waals surface area contributed by atoms with Crippen LogP contribution in [0, 0.1) is 18.3 Å². The highest BCUT2D eigenvalue weighted by molar-refractivity contribution is 5.78. The second-order valence-corrected chi connectivity index (χ2v) is 5.40. The second-order valence-electron chi connectivity index (χ2n) is 5.40. The van der Waals surface area contributed by atoms with Gasteiger partial charge in [0.2, 0.25) is 5.91 Å². The number of aliphatic hydroxyl groups is 1. The first kappa shape index (κ1) is 15.6. The fourth-order valence-electron chi connectivity index (χ4n) is 2.69. The molecule has 1 aromatic rings. The van der Waals surface area contributed by atoms with Crippen LogP contribution in [0.15, 0.2) is 24.3 Å². The van der Waals surface area contributed by atoms with Gasteiger partial charge < -0.3 is 10.4 Å². The summed E-state index contributed by atoms with van der Waals surface area (Å²) in [4.78, 5) is 14.4. The van der Waals surface area contributed by atoms with Crippen molar-refractivity contribution in [2.75, 3.05) is 19.6 Å². The highest BCUT2D eigenvalue weighted by Crippen LogP contribution is 2.17. The molecule has 1 saturated heterocycles. The minimum Gasteiger partial charge on any atom is -0.392 e. The van der Waals surface area contributed by atoms with Gasteiger partial charge in [-0.25, -0.2) is 0 Å². The predicted octanol–water partition coefficient (Wildman–Crippen LogP) is 1.14. The molecule has 0 bridgehead atoms. The van der Waals surface area contributed by atoms with E-state index in [9.17, 15) is 9.90 Å². The maximum absolute atomic E-state index is 12.2. The van der Waals surface area contributed by atoms with E-state index in [4.69, 9.17) is 6.42 Å². The minimum atomic E-state index is -0.00345. The van der Waals surface area contributed by atoms with Gasteiger partial charge in [0.25, 0.3) is 0 Å². The Morgan fingerprint density at radius 3 is 2.62 bits per heavy atom. The van der Waals surface area contributed by atoms with Crippen molar-refractivity contribution in [3.05, 3.63) is 35.4 Å². The molecule has 112 valence electrons. The molecule has 4 nitrogen and oxygen atoms in total. The molecule has 1 fully saturated rings. The zero-order chi connectivity index (χ0) is 15.1. The number of carbonyl (C=O) groups excluding carboxylic acids is 1. The highest BCUT2D eigenvalue weighted by Gasteiger charge is 2.24. The van der Waals surface area contributed by atoms with Crippen LogP contribution >= 0.6 is 0 Å². The Morgan fingerprint density at radius 2 is 2.00 bits per heavy atom. The summed E-state index contributed by atoms with van der Waals surface area (Å²) < 4.78 is 0. The van der Waals surface area contributed by atoms with Crippen LogP contribution in [0.2, 0.25) is 0 Å². The number of rotatable bonds is 5. The first-order chi connectivity index (χ1) is 10.2. The second kappa shape index (κ2) is 7.82. The molecule has 0 saturated carbocycles. The number of amides is 1. The summed E-state index contributed by atoms with van der Waals surface area (Å²) in [5.74, 6) is 2.81. The lowest BCUT2D eigenvalue weighted by molar-refractivity contribution is -0.126. The van der Waals surface area contributed by atoms with E-state index in [1.54, 1.807) is 0 Å². The lowest BCUT2D eigenvalue weighted by Gasteiger charge is -2.29. The van der Waals surface area contributed by atoms with Crippen LogP contribution in [0.4, 0.5) is 0 Å². The van der Waals surface area contributed by atoms with Crippen LogP contribution in [-0.2, 0) is 17.9 Å². The number of terminal acetylenes is 1. The van der Waals surface area contributed by atoms with Gasteiger partial charge in [0.05, 0.1) is 13.2 Å². The predicted molar refractivity (Wildman–Crippen MR) is 82.2 cm³/mol. The van der Waals surface area contributed by atoms with Gasteiger partial charge in [0, 0.05) is 12.5 Å². The number of aliphatic hydroxyl groups excluding tert-OH is 1. The van der Waals surface area contributed by atoms with Gasteiger partial charge in [-0.3, -0.25) is 9.69 Å². The van der Waals surface area contributed by atoms with E-state index in [1.165, 1.54) is 0 Å². The summed E-state index contributed by atoms with van der Waals surface area (Å²) in [5, 5.41) is 12.3. The molecule has 0 radical (unpaired) electrons. The van der Waals surface area contributed by atoms with Gasteiger partial charge in [-0.1, -0.05) is 30.2 Å². The molecule has 1 aromatic carbocycles. The van der Waals surface area contributed by atoms with Crippen LogP contribution in [0.5, 0.6) is 0 Å². The Labute approximate surface area is 126 Å². The lowest BCUT2D eigenvalue weighted by atomic mass is 9.95. The number of likely N-dealkylation sites (tertiary alicyclic amines) is 1. The van der Waals surface area contributed by atoms with E-state index in [0.717, 1.165) is 37.1 Å². The first-order valence-corrected chi connectivity index (χ1v) is 7.35. The SMILES string of the molecule is C#CCN1CCC(C(=O)NCc2ccccc2CO)CC1. The summed E-state index contributed by atoms with van der Waals surface area (Å²) >= 11 is 0. The van der Waals surface area contributed by atoms with Crippen LogP contribution < -0.4 is 5.32 Å². The van der Waals surface area contributed by atoms with Crippen LogP contribution in [-0.4, -0.2) is 35.5 Å². The van der Waals surface area contributed by atoms with E-state index in [1.807, 2.05) is 24.3 Å². The van der Waals surface area contributed by atoms with Gasteiger partial charge in [0.15, 0.2) is 0 Å². The Balaban J connectivity index is 1.82. The third-order valence-corrected chi connectivity index (χ3v) is 4.02. The molecular formula is C17H22N2O2. The molecule has 1 aliphatic heterocycles. The average molecular weight is 286 g/mol. The van der Waals surface area contributed by atoms with Crippen LogP contribution in [0.3, 0.4) is 0 Å². The number of piperidine rings is 1. The van der Waals surface area contributed by atoms with E-state index in [0.29, 0.717) is 13.1 Å². The zero-order valence-electron chi connectivity index (χ0n) is 12.2. The average Bonchev–Trinajstić information content (AvgIpc) is 2.54. The van der Waals surface area contributed by atoms with Crippen molar-refractivity contribution in [1.29, 1.82) is 0 Å². The number of hydrogen-bond donors (Lipinski definition) is 2. The minimum absolute atomic E-state index is 0.00345. The maximum Gasteiger partial charge on any atom is 0.223 e. The highest BCUT2D eigenvalue weighted by atomic mass is 16.3. The van der Waals surface area contributed by atoms with Crippen molar-refractivity contribution in [2.45, 2.75) is 26.0 Å². The van der Waals surface area contributed by atoms with Crippen molar-refractivity contribution >= 4 is 5.91 Å². The standard InChI is InChI=1S/C17H22N2O2/c1-2-9-19-10-7-14(8-11-19)17(21)18-12-15-5-3-4-6-16(15)13-20/h1,3-6,14,20H,7-13H2,(H,18,21). The van der Waals surface area contributed by atoms with Crippen LogP contribution in [0.1, 0.15) is 24.0 Å². The van der Waals surface area contributed by atoms with E-state index in [-0.39, 0.29) is 18.4 Å². The molecule has 1 aliphatic rings. The number of carbonyl (C=O) groups is 1. The molecule has 1 heterocycles. The van der Waals surface area contributed by atoms with Crippen molar-refractivity contribution < 1.29 is 9.90 Å². The topological polar surface area (TPSA) is 52.6 Å². The monoisotopic (exact) mass is 286 g/mol. The zero-order valence-corrected chi connectivity index (χ0v) is 12.2. The molecule has 0 unspecified atom stereocenters. The van der Waals surface area contributed by atoms with Gasteiger partial charge >= 0.3 is 0 Å². The molecule has 21 heavy (non-hydrogen) atoms. The Hall–Kier alpha value is -1.83. The molecule has 2 rings (SSSR count). The summed E-state index contributed by atoms with van der Waals surface area (Å²) in [7, 11) is 0. The summed E-state index contributed by atoms with van der Waals surface area (Å²) in [6, 6.07) is 7.61. The van der Waals surface area contributed by atoms with Crippen molar-refractivity contribution in [2.24, 2.45) is 5.92 Å². The number of hydrogen-bond acceptors (Lipinski definition) is 3. The Bertz CT molecular complexity index is 514. The first-order valence-electron chi connectivity index (χ1n) is 7.35. The number of benzene rings is 1. The summed E-state index contributed by atoms with van der Waals surface area (Å²) in [6.07, 6.45) is 7.01. The molecule has 0 atom stereocenters. The van der Waals surface area contributed by atoms with Crippen LogP contribution in [0.25, 0.3) is 0 Å². The molecule has 0 spiro atoms. The maximum atomic E-state index is 12.2. The third-order valence-electron chi connectivity index (χ3n) is 4.02. The van der Waals surface area contributed by atoms with Crippen molar-refractivity contribution in [3.63, 3.8) is 0 Å². The number of nitrogens with one attached hydrogen (secondary N) is 1. The fraction of sp³-hybridized carbons (Fsp3) is 0.471. The normalized spacial score (nSPS) is 16.4. The smallest absolute Gasteiger partial charge is 0.223 e. The summed E-state index contributed by atoms with van der Waals surface area (Å²) in [5.41, 5.74) is 1.83. The largest absolute Gasteiger partial charge is 0.392 e. The van der Waals surface area contributed by atoms with Gasteiger partial charge in [0.1, 0.15) is 0 Å². The van der Waals surface area contributed by atoms with E-state index < -0.39 is 0 Å². The molecule has 2 N–H and O–H groups in total. The third kappa shape index (κ3) is 4.32. The molecule has 4 heteroatoms. The molecule has 1 amide bonds.